The van der Waals surface area contributed by atoms with Crippen LogP contribution < -0.4 is 5.73 Å². The topological polar surface area (TPSA) is 65.2 Å². The van der Waals surface area contributed by atoms with Gasteiger partial charge in [-0.05, 0) is 35.6 Å². The molecule has 94 valence electrons. The van der Waals surface area contributed by atoms with E-state index in [-0.39, 0.29) is 24.4 Å². The molecule has 0 unspecified atom stereocenters. The second kappa shape index (κ2) is 6.08. The van der Waals surface area contributed by atoms with Crippen molar-refractivity contribution in [2.45, 2.75) is 19.8 Å². The summed E-state index contributed by atoms with van der Waals surface area (Å²) in [6.07, 6.45) is -2.89. The van der Waals surface area contributed by atoms with E-state index < -0.39 is 18.1 Å². The van der Waals surface area contributed by atoms with Crippen LogP contribution in [0.25, 0.3) is 0 Å². The molecule has 4 nitrogen and oxygen atoms in total. The van der Waals surface area contributed by atoms with Crippen molar-refractivity contribution in [1.29, 1.82) is 0 Å². The first-order valence-electron chi connectivity index (χ1n) is 4.84. The average Bonchev–Trinajstić information content (AvgIpc) is 2.23. The number of ether oxygens (including phenoxy) is 1. The Morgan fingerprint density at radius 3 is 2.82 bits per heavy atom. The van der Waals surface area contributed by atoms with Crippen LogP contribution in [0.5, 0.6) is 0 Å². The molecular weight excluding hydrogens is 345 g/mol. The zero-order valence-electron chi connectivity index (χ0n) is 9.04. The van der Waals surface area contributed by atoms with Gasteiger partial charge < -0.3 is 10.5 Å². The molecule has 0 aliphatic rings. The Balaban J connectivity index is 2.98. The molecule has 17 heavy (non-hydrogen) atoms. The molecule has 0 aromatic carbocycles. The van der Waals surface area contributed by atoms with Crippen LogP contribution in [0.2, 0.25) is 0 Å². The van der Waals surface area contributed by atoms with Crippen molar-refractivity contribution in [1.82, 2.24) is 4.98 Å². The van der Waals surface area contributed by atoms with E-state index in [1.807, 2.05) is 22.6 Å². The van der Waals surface area contributed by atoms with Crippen LogP contribution in [-0.4, -0.2) is 17.6 Å². The lowest BCUT2D eigenvalue weighted by atomic mass is 10.2. The van der Waals surface area contributed by atoms with Crippen LogP contribution in [-0.2, 0) is 16.0 Å². The first-order valence-corrected chi connectivity index (χ1v) is 5.92. The predicted octanol–water partition coefficient (Wildman–Crippen LogP) is 2.31. The van der Waals surface area contributed by atoms with Crippen molar-refractivity contribution in [3.05, 3.63) is 21.0 Å². The summed E-state index contributed by atoms with van der Waals surface area (Å²) < 4.78 is 30.4. The highest BCUT2D eigenvalue weighted by Crippen LogP contribution is 2.27. The van der Waals surface area contributed by atoms with E-state index in [0.29, 0.717) is 3.57 Å². The van der Waals surface area contributed by atoms with Crippen molar-refractivity contribution in [2.24, 2.45) is 0 Å². The number of anilines is 1. The summed E-state index contributed by atoms with van der Waals surface area (Å²) in [5.41, 5.74) is 5.17. The fraction of sp³-hybridized carbons (Fsp3) is 0.400. The van der Waals surface area contributed by atoms with Gasteiger partial charge in [0.25, 0.3) is 6.43 Å². The lowest BCUT2D eigenvalue weighted by Crippen LogP contribution is -2.11. The van der Waals surface area contributed by atoms with Crippen molar-refractivity contribution in [3.63, 3.8) is 0 Å². The van der Waals surface area contributed by atoms with Gasteiger partial charge in [-0.1, -0.05) is 0 Å². The molecule has 0 amide bonds. The van der Waals surface area contributed by atoms with Gasteiger partial charge in [-0.25, -0.2) is 13.8 Å². The molecule has 2 N–H and O–H groups in total. The third kappa shape index (κ3) is 3.76. The summed E-state index contributed by atoms with van der Waals surface area (Å²) in [5, 5.41) is 0. The standard InChI is InChI=1S/C10H11F2IN2O2/c1-2-17-7(16)4-5-3-6(13)8(14)9(15-5)10(11)12/h3,10H,2,4,14H2,1H3. The van der Waals surface area contributed by atoms with Gasteiger partial charge in [0.15, 0.2) is 0 Å². The molecule has 0 aliphatic carbocycles. The number of aromatic nitrogens is 1. The third-order valence-corrected chi connectivity index (χ3v) is 2.82. The molecule has 0 radical (unpaired) electrons. The van der Waals surface area contributed by atoms with Gasteiger partial charge in [0.1, 0.15) is 5.69 Å². The third-order valence-electron chi connectivity index (χ3n) is 1.93. The van der Waals surface area contributed by atoms with E-state index in [1.165, 1.54) is 6.07 Å². The normalized spacial score (nSPS) is 10.6. The highest BCUT2D eigenvalue weighted by Gasteiger charge is 2.18. The predicted molar refractivity (Wildman–Crippen MR) is 66.7 cm³/mol. The van der Waals surface area contributed by atoms with E-state index in [9.17, 15) is 13.6 Å². The summed E-state index contributed by atoms with van der Waals surface area (Å²) in [4.78, 5) is 14.9. The summed E-state index contributed by atoms with van der Waals surface area (Å²) in [5.74, 6) is -0.499. The number of carbonyl (C=O) groups excluding carboxylic acids is 1. The maximum absolute atomic E-state index is 12.6. The van der Waals surface area contributed by atoms with Crippen LogP contribution >= 0.6 is 22.6 Å². The number of carbonyl (C=O) groups is 1. The molecule has 1 aromatic rings. The van der Waals surface area contributed by atoms with Crippen molar-refractivity contribution in [3.8, 4) is 0 Å². The van der Waals surface area contributed by atoms with Gasteiger partial charge in [0.2, 0.25) is 0 Å². The second-order valence-electron chi connectivity index (χ2n) is 3.18. The SMILES string of the molecule is CCOC(=O)Cc1cc(I)c(N)c(C(F)F)n1. The smallest absolute Gasteiger partial charge is 0.311 e. The van der Waals surface area contributed by atoms with E-state index in [2.05, 4.69) is 4.98 Å². The maximum Gasteiger partial charge on any atom is 0.311 e. The Hall–Kier alpha value is -0.990. The highest BCUT2D eigenvalue weighted by molar-refractivity contribution is 14.1. The number of alkyl halides is 2. The Kier molecular flexibility index (Phi) is 5.03. The van der Waals surface area contributed by atoms with Crippen molar-refractivity contribution >= 4 is 34.2 Å². The number of rotatable bonds is 4. The van der Waals surface area contributed by atoms with Gasteiger partial charge in [-0.2, -0.15) is 0 Å². The number of hydrogen-bond donors (Lipinski definition) is 1. The Morgan fingerprint density at radius 1 is 1.65 bits per heavy atom. The lowest BCUT2D eigenvalue weighted by molar-refractivity contribution is -0.142. The number of nitrogen functional groups attached to an aromatic ring is 1. The quantitative estimate of drug-likeness (QED) is 0.664. The number of pyridine rings is 1. The minimum atomic E-state index is -2.76. The van der Waals surface area contributed by atoms with Crippen LogP contribution in [0.15, 0.2) is 6.07 Å². The zero-order chi connectivity index (χ0) is 13.0. The number of nitrogens with zero attached hydrogens (tertiary/aromatic N) is 1. The first-order chi connectivity index (χ1) is 7.95. The minimum Gasteiger partial charge on any atom is -0.466 e. The van der Waals surface area contributed by atoms with E-state index >= 15 is 0 Å². The van der Waals surface area contributed by atoms with E-state index in [4.69, 9.17) is 10.5 Å². The summed E-state index contributed by atoms with van der Waals surface area (Å²) >= 11 is 1.83. The molecule has 0 spiro atoms. The fourth-order valence-corrected chi connectivity index (χ4v) is 1.85. The fourth-order valence-electron chi connectivity index (χ4n) is 1.21. The second-order valence-corrected chi connectivity index (χ2v) is 4.34. The van der Waals surface area contributed by atoms with Gasteiger partial charge in [-0.3, -0.25) is 4.79 Å². The first kappa shape index (κ1) is 14.1. The lowest BCUT2D eigenvalue weighted by Gasteiger charge is -2.09. The number of hydrogen-bond acceptors (Lipinski definition) is 4. The molecule has 0 bridgehead atoms. The number of esters is 1. The van der Waals surface area contributed by atoms with Crippen molar-refractivity contribution in [2.75, 3.05) is 12.3 Å². The Morgan fingerprint density at radius 2 is 2.29 bits per heavy atom. The van der Waals surface area contributed by atoms with Crippen molar-refractivity contribution < 1.29 is 18.3 Å². The van der Waals surface area contributed by atoms with Gasteiger partial charge in [0.05, 0.1) is 24.4 Å². The molecule has 1 rings (SSSR count). The molecule has 0 aliphatic heterocycles. The molecule has 1 heterocycles. The molecule has 1 aromatic heterocycles. The monoisotopic (exact) mass is 356 g/mol. The van der Waals surface area contributed by atoms with Gasteiger partial charge >= 0.3 is 5.97 Å². The average molecular weight is 356 g/mol. The maximum atomic E-state index is 12.6. The molecule has 0 saturated carbocycles. The molecular formula is C10H11F2IN2O2. The molecule has 0 fully saturated rings. The summed E-state index contributed by atoms with van der Waals surface area (Å²) in [6, 6.07) is 1.50. The van der Waals surface area contributed by atoms with Gasteiger partial charge in [0, 0.05) is 3.57 Å². The van der Waals surface area contributed by atoms with E-state index in [1.54, 1.807) is 6.92 Å². The molecule has 0 saturated heterocycles. The molecule has 0 atom stereocenters. The van der Waals surface area contributed by atoms with Gasteiger partial charge in [-0.15, -0.1) is 0 Å². The minimum absolute atomic E-state index is 0.0480. The number of halogens is 3. The highest BCUT2D eigenvalue weighted by atomic mass is 127. The van der Waals surface area contributed by atoms with E-state index in [0.717, 1.165) is 0 Å². The Labute approximate surface area is 111 Å². The zero-order valence-corrected chi connectivity index (χ0v) is 11.2. The Bertz CT molecular complexity index is 427. The summed E-state index contributed by atoms with van der Waals surface area (Å²) in [6.45, 7) is 1.91. The van der Waals surface area contributed by atoms with Crippen LogP contribution in [0.3, 0.4) is 0 Å². The number of nitrogens with two attached hydrogens (primary N) is 1. The van der Waals surface area contributed by atoms with Crippen LogP contribution in [0.1, 0.15) is 24.7 Å². The van der Waals surface area contributed by atoms with Crippen LogP contribution in [0.4, 0.5) is 14.5 Å². The largest absolute Gasteiger partial charge is 0.466 e. The van der Waals surface area contributed by atoms with Crippen LogP contribution in [0, 0.1) is 3.57 Å². The summed E-state index contributed by atoms with van der Waals surface area (Å²) in [7, 11) is 0. The molecule has 7 heteroatoms.